The molecule has 5 nitrogen and oxygen atoms in total. The molecule has 0 saturated carbocycles. The first-order valence-corrected chi connectivity index (χ1v) is 6.90. The van der Waals surface area contributed by atoms with Crippen molar-refractivity contribution in [3.63, 3.8) is 0 Å². The molecule has 0 atom stereocenters. The fraction of sp³-hybridized carbons (Fsp3) is 0. The molecule has 1 aromatic heterocycles. The molecule has 0 saturated heterocycles. The molecule has 0 aliphatic heterocycles. The molecule has 3 rings (SSSR count). The van der Waals surface area contributed by atoms with Gasteiger partial charge in [0.25, 0.3) is 5.69 Å². The topological polar surface area (TPSA) is 69.2 Å². The number of rotatable bonds is 3. The van der Waals surface area contributed by atoms with E-state index in [9.17, 15) is 10.1 Å². The van der Waals surface area contributed by atoms with E-state index in [1.54, 1.807) is 12.1 Å². The largest absolute Gasteiger partial charge is 0.356 e. The number of halogens is 1. The molecule has 0 unspecified atom stereocenters. The van der Waals surface area contributed by atoms with Gasteiger partial charge < -0.3 is 4.52 Å². The number of benzene rings is 2. The van der Waals surface area contributed by atoms with Crippen LogP contribution in [0, 0.1) is 10.1 Å². The predicted molar refractivity (Wildman–Crippen MR) is 81.7 cm³/mol. The molecule has 0 spiro atoms. The molecule has 0 bridgehead atoms. The van der Waals surface area contributed by atoms with Crippen LogP contribution >= 0.6 is 15.9 Å². The molecule has 6 heteroatoms. The lowest BCUT2D eigenvalue weighted by molar-refractivity contribution is -0.384. The summed E-state index contributed by atoms with van der Waals surface area (Å²) in [7, 11) is 0. The Morgan fingerprint density at radius 3 is 2.48 bits per heavy atom. The van der Waals surface area contributed by atoms with Gasteiger partial charge in [0.05, 0.1) is 4.92 Å². The third-order valence-electron chi connectivity index (χ3n) is 2.99. The van der Waals surface area contributed by atoms with Crippen LogP contribution in [0.15, 0.2) is 63.6 Å². The van der Waals surface area contributed by atoms with Crippen molar-refractivity contribution in [1.29, 1.82) is 0 Å². The Bertz CT molecular complexity index is 797. The van der Waals surface area contributed by atoms with Crippen LogP contribution in [0.4, 0.5) is 5.69 Å². The highest BCUT2D eigenvalue weighted by molar-refractivity contribution is 9.10. The summed E-state index contributed by atoms with van der Waals surface area (Å²) >= 11 is 3.41. The standard InChI is InChI=1S/C15H9BrN2O3/c16-12-3-1-2-11(8-12)15-9-14(17-21-15)10-4-6-13(7-5-10)18(19)20/h1-9H. The van der Waals surface area contributed by atoms with Crippen molar-refractivity contribution >= 4 is 21.6 Å². The Kier molecular flexibility index (Phi) is 3.53. The van der Waals surface area contributed by atoms with Gasteiger partial charge >= 0.3 is 0 Å². The third kappa shape index (κ3) is 2.85. The number of nitrogens with zero attached hydrogens (tertiary/aromatic N) is 2. The van der Waals surface area contributed by atoms with Crippen LogP contribution in [0.3, 0.4) is 0 Å². The van der Waals surface area contributed by atoms with Gasteiger partial charge in [0.1, 0.15) is 5.69 Å². The summed E-state index contributed by atoms with van der Waals surface area (Å²) in [5.74, 6) is 0.643. The minimum atomic E-state index is -0.431. The summed E-state index contributed by atoms with van der Waals surface area (Å²) in [5.41, 5.74) is 2.37. The predicted octanol–water partition coefficient (Wildman–Crippen LogP) is 4.68. The van der Waals surface area contributed by atoms with Crippen LogP contribution < -0.4 is 0 Å². The number of hydrogen-bond donors (Lipinski definition) is 0. The number of nitro groups is 1. The number of aromatic nitrogens is 1. The Balaban J connectivity index is 1.93. The second-order valence-corrected chi connectivity index (χ2v) is 5.31. The number of non-ortho nitro benzene ring substituents is 1. The average Bonchev–Trinajstić information content (AvgIpc) is 2.97. The molecular formula is C15H9BrN2O3. The summed E-state index contributed by atoms with van der Waals surface area (Å²) < 4.78 is 6.29. The molecule has 3 aromatic rings. The quantitative estimate of drug-likeness (QED) is 0.511. The summed E-state index contributed by atoms with van der Waals surface area (Å²) in [4.78, 5) is 10.2. The van der Waals surface area contributed by atoms with Crippen LogP contribution in [-0.4, -0.2) is 10.1 Å². The van der Waals surface area contributed by atoms with Crippen LogP contribution in [0.1, 0.15) is 0 Å². The maximum Gasteiger partial charge on any atom is 0.269 e. The van der Waals surface area contributed by atoms with Crippen molar-refractivity contribution in [2.75, 3.05) is 0 Å². The second-order valence-electron chi connectivity index (χ2n) is 4.39. The lowest BCUT2D eigenvalue weighted by atomic mass is 10.1. The first-order chi connectivity index (χ1) is 10.1. The Labute approximate surface area is 128 Å². The van der Waals surface area contributed by atoms with Crippen LogP contribution in [0.25, 0.3) is 22.6 Å². The van der Waals surface area contributed by atoms with Crippen LogP contribution in [-0.2, 0) is 0 Å². The molecule has 0 fully saturated rings. The van der Waals surface area contributed by atoms with Gasteiger partial charge in [-0.1, -0.05) is 33.2 Å². The van der Waals surface area contributed by atoms with E-state index < -0.39 is 4.92 Å². The van der Waals surface area contributed by atoms with Crippen molar-refractivity contribution in [3.05, 3.63) is 69.2 Å². The Hall–Kier alpha value is -2.47. The lowest BCUT2D eigenvalue weighted by Crippen LogP contribution is -1.87. The normalized spacial score (nSPS) is 10.5. The zero-order valence-corrected chi connectivity index (χ0v) is 12.3. The van der Waals surface area contributed by atoms with Crippen molar-refractivity contribution in [2.24, 2.45) is 0 Å². The monoisotopic (exact) mass is 344 g/mol. The lowest BCUT2D eigenvalue weighted by Gasteiger charge is -1.95. The first kappa shape index (κ1) is 13.5. The van der Waals surface area contributed by atoms with Crippen molar-refractivity contribution in [2.45, 2.75) is 0 Å². The third-order valence-corrected chi connectivity index (χ3v) is 3.49. The highest BCUT2D eigenvalue weighted by Crippen LogP contribution is 2.28. The van der Waals surface area contributed by atoms with E-state index in [0.29, 0.717) is 11.5 Å². The van der Waals surface area contributed by atoms with Gasteiger partial charge in [-0.15, -0.1) is 0 Å². The second kappa shape index (κ2) is 5.49. The van der Waals surface area contributed by atoms with E-state index >= 15 is 0 Å². The van der Waals surface area contributed by atoms with E-state index in [1.165, 1.54) is 12.1 Å². The van der Waals surface area contributed by atoms with Gasteiger partial charge in [0, 0.05) is 33.8 Å². The smallest absolute Gasteiger partial charge is 0.269 e. The van der Waals surface area contributed by atoms with Crippen molar-refractivity contribution in [1.82, 2.24) is 5.16 Å². The van der Waals surface area contributed by atoms with E-state index in [-0.39, 0.29) is 5.69 Å². The maximum atomic E-state index is 10.6. The highest BCUT2D eigenvalue weighted by Gasteiger charge is 2.10. The molecule has 1 heterocycles. The molecule has 0 aliphatic rings. The Morgan fingerprint density at radius 1 is 1.05 bits per heavy atom. The minimum absolute atomic E-state index is 0.0504. The summed E-state index contributed by atoms with van der Waals surface area (Å²) in [6.07, 6.45) is 0. The molecule has 104 valence electrons. The maximum absolute atomic E-state index is 10.6. The molecule has 0 N–H and O–H groups in total. The zero-order valence-electron chi connectivity index (χ0n) is 10.7. The fourth-order valence-corrected chi connectivity index (χ4v) is 2.34. The molecule has 2 aromatic carbocycles. The van der Waals surface area contributed by atoms with E-state index in [0.717, 1.165) is 15.6 Å². The van der Waals surface area contributed by atoms with Gasteiger partial charge in [-0.05, 0) is 24.3 Å². The molecule has 0 radical (unpaired) electrons. The van der Waals surface area contributed by atoms with Crippen molar-refractivity contribution in [3.8, 4) is 22.6 Å². The van der Waals surface area contributed by atoms with Gasteiger partial charge in [-0.25, -0.2) is 0 Å². The van der Waals surface area contributed by atoms with Crippen LogP contribution in [0.2, 0.25) is 0 Å². The van der Waals surface area contributed by atoms with E-state index in [4.69, 9.17) is 4.52 Å². The van der Waals surface area contributed by atoms with Gasteiger partial charge in [0.15, 0.2) is 5.76 Å². The summed E-state index contributed by atoms with van der Waals surface area (Å²) in [6, 6.07) is 15.7. The molecule has 0 amide bonds. The zero-order chi connectivity index (χ0) is 14.8. The fourth-order valence-electron chi connectivity index (χ4n) is 1.94. The minimum Gasteiger partial charge on any atom is -0.356 e. The summed E-state index contributed by atoms with van der Waals surface area (Å²) in [5, 5.41) is 14.6. The van der Waals surface area contributed by atoms with Gasteiger partial charge in [0.2, 0.25) is 0 Å². The van der Waals surface area contributed by atoms with Gasteiger partial charge in [-0.2, -0.15) is 0 Å². The van der Waals surface area contributed by atoms with Crippen LogP contribution in [0.5, 0.6) is 0 Å². The molecule has 0 aliphatic carbocycles. The first-order valence-electron chi connectivity index (χ1n) is 6.11. The van der Waals surface area contributed by atoms with E-state index in [2.05, 4.69) is 21.1 Å². The number of nitro benzene ring substituents is 1. The average molecular weight is 345 g/mol. The Morgan fingerprint density at radius 2 is 1.81 bits per heavy atom. The molecule has 21 heavy (non-hydrogen) atoms. The summed E-state index contributed by atoms with van der Waals surface area (Å²) in [6.45, 7) is 0. The SMILES string of the molecule is O=[N+]([O-])c1ccc(-c2cc(-c3cccc(Br)c3)on2)cc1. The molecular weight excluding hydrogens is 336 g/mol. The van der Waals surface area contributed by atoms with E-state index in [1.807, 2.05) is 30.3 Å². The number of hydrogen-bond acceptors (Lipinski definition) is 4. The van der Waals surface area contributed by atoms with Gasteiger partial charge in [-0.3, -0.25) is 10.1 Å². The highest BCUT2D eigenvalue weighted by atomic mass is 79.9. The van der Waals surface area contributed by atoms with Crippen molar-refractivity contribution < 1.29 is 9.45 Å².